The van der Waals surface area contributed by atoms with E-state index < -0.39 is 11.2 Å². The molecule has 5 rings (SSSR count). The summed E-state index contributed by atoms with van der Waals surface area (Å²) in [6.45, 7) is 1.29. The maximum Gasteiger partial charge on any atom is 0.330 e. The van der Waals surface area contributed by atoms with E-state index in [0.29, 0.717) is 30.4 Å². The van der Waals surface area contributed by atoms with Gasteiger partial charge < -0.3 is 14.8 Å². The van der Waals surface area contributed by atoms with Crippen LogP contribution in [0.4, 0.5) is 0 Å². The quantitative estimate of drug-likeness (QED) is 0.685. The number of carbonyl (C=O) groups is 1. The highest BCUT2D eigenvalue weighted by Crippen LogP contribution is 2.34. The Morgan fingerprint density at radius 3 is 2.76 bits per heavy atom. The molecule has 1 aliphatic carbocycles. The van der Waals surface area contributed by atoms with Gasteiger partial charge in [0, 0.05) is 18.8 Å². The fourth-order valence-electron chi connectivity index (χ4n) is 3.42. The number of benzene rings is 1. The Hall–Kier alpha value is -3.62. The second-order valence-electron chi connectivity index (χ2n) is 7.12. The lowest BCUT2D eigenvalue weighted by Gasteiger charge is -2.19. The number of hydrogen-bond acceptors (Lipinski definition) is 6. The summed E-state index contributed by atoms with van der Waals surface area (Å²) >= 11 is 0. The number of carbonyl (C=O) groups excluding carboxylic acids is 1. The molecule has 2 aliphatic rings. The first kappa shape index (κ1) is 17.5. The minimum Gasteiger partial charge on any atom is -0.486 e. The third kappa shape index (κ3) is 3.24. The van der Waals surface area contributed by atoms with E-state index in [1.54, 1.807) is 0 Å². The number of aromatic nitrogens is 3. The molecule has 1 fully saturated rings. The molecule has 9 heteroatoms. The first-order valence-electron chi connectivity index (χ1n) is 9.41. The Kier molecular flexibility index (Phi) is 4.08. The van der Waals surface area contributed by atoms with Crippen LogP contribution in [0.15, 0.2) is 40.1 Å². The zero-order valence-electron chi connectivity index (χ0n) is 15.4. The highest BCUT2D eigenvalue weighted by Gasteiger charge is 2.27. The number of nitrogens with one attached hydrogen (secondary N) is 2. The van der Waals surface area contributed by atoms with Crippen molar-refractivity contribution in [3.05, 3.63) is 62.4 Å². The molecular formula is C20H18N4O5. The molecule has 29 heavy (non-hydrogen) atoms. The van der Waals surface area contributed by atoms with Crippen molar-refractivity contribution < 1.29 is 14.3 Å². The first-order valence-corrected chi connectivity index (χ1v) is 9.41. The number of rotatable bonds is 4. The second kappa shape index (κ2) is 6.77. The van der Waals surface area contributed by atoms with Crippen molar-refractivity contribution in [2.45, 2.75) is 25.4 Å². The summed E-state index contributed by atoms with van der Waals surface area (Å²) in [6.07, 6.45) is 3.14. The van der Waals surface area contributed by atoms with Gasteiger partial charge in [-0.3, -0.25) is 19.1 Å². The van der Waals surface area contributed by atoms with Crippen LogP contribution in [0.3, 0.4) is 0 Å². The standard InChI is InChI=1S/C20H18N4O5/c25-18(22-9-11-1-4-15-16(7-11)29-6-5-28-15)12-8-14-17(21-10-12)24(13-2-3-13)20(27)23-19(14)26/h1,4,7-8,10,13H,2-3,5-6,9H2,(H,22,25)(H,23,26,27). The Bertz CT molecular complexity index is 1240. The van der Waals surface area contributed by atoms with E-state index in [4.69, 9.17) is 9.47 Å². The molecule has 9 nitrogen and oxygen atoms in total. The van der Waals surface area contributed by atoms with Crippen LogP contribution in [0.2, 0.25) is 0 Å². The molecule has 0 atom stereocenters. The van der Waals surface area contributed by atoms with Gasteiger partial charge in [-0.2, -0.15) is 0 Å². The number of pyridine rings is 1. The predicted octanol–water partition coefficient (Wildman–Crippen LogP) is 1.12. The highest BCUT2D eigenvalue weighted by molar-refractivity contribution is 5.96. The van der Waals surface area contributed by atoms with E-state index in [1.807, 2.05) is 18.2 Å². The Morgan fingerprint density at radius 2 is 1.97 bits per heavy atom. The van der Waals surface area contributed by atoms with Gasteiger partial charge in [0.25, 0.3) is 11.5 Å². The number of H-pyrrole nitrogens is 1. The average molecular weight is 394 g/mol. The van der Waals surface area contributed by atoms with Gasteiger partial charge in [0.1, 0.15) is 18.9 Å². The van der Waals surface area contributed by atoms with Gasteiger partial charge in [0.05, 0.1) is 10.9 Å². The molecule has 1 aliphatic heterocycles. The van der Waals surface area contributed by atoms with Crippen molar-refractivity contribution in [1.82, 2.24) is 19.9 Å². The number of amides is 1. The van der Waals surface area contributed by atoms with Crippen LogP contribution in [0.1, 0.15) is 34.8 Å². The zero-order chi connectivity index (χ0) is 20.0. The van der Waals surface area contributed by atoms with Gasteiger partial charge in [-0.15, -0.1) is 0 Å². The van der Waals surface area contributed by atoms with Crippen molar-refractivity contribution >= 4 is 16.9 Å². The zero-order valence-corrected chi connectivity index (χ0v) is 15.4. The van der Waals surface area contributed by atoms with E-state index in [0.717, 1.165) is 18.4 Å². The number of hydrogen-bond donors (Lipinski definition) is 2. The summed E-state index contributed by atoms with van der Waals surface area (Å²) in [5.74, 6) is 0.976. The second-order valence-corrected chi connectivity index (χ2v) is 7.12. The van der Waals surface area contributed by atoms with Crippen LogP contribution in [0, 0.1) is 0 Å². The van der Waals surface area contributed by atoms with Crippen LogP contribution in [0.5, 0.6) is 11.5 Å². The lowest BCUT2D eigenvalue weighted by atomic mass is 10.1. The van der Waals surface area contributed by atoms with Gasteiger partial charge in [-0.05, 0) is 36.6 Å². The van der Waals surface area contributed by atoms with Crippen molar-refractivity contribution in [2.24, 2.45) is 0 Å². The first-order chi connectivity index (χ1) is 14.1. The monoisotopic (exact) mass is 394 g/mol. The fourth-order valence-corrected chi connectivity index (χ4v) is 3.42. The molecule has 0 radical (unpaired) electrons. The van der Waals surface area contributed by atoms with Crippen molar-refractivity contribution in [2.75, 3.05) is 13.2 Å². The van der Waals surface area contributed by atoms with Crippen molar-refractivity contribution in [3.8, 4) is 11.5 Å². The van der Waals surface area contributed by atoms with Gasteiger partial charge in [0.15, 0.2) is 11.5 Å². The minimum atomic E-state index is -0.545. The van der Waals surface area contributed by atoms with Crippen LogP contribution in [-0.4, -0.2) is 33.7 Å². The van der Waals surface area contributed by atoms with E-state index in [-0.39, 0.29) is 29.4 Å². The molecule has 1 saturated carbocycles. The predicted molar refractivity (Wildman–Crippen MR) is 103 cm³/mol. The Morgan fingerprint density at radius 1 is 1.17 bits per heavy atom. The lowest BCUT2D eigenvalue weighted by molar-refractivity contribution is 0.0950. The van der Waals surface area contributed by atoms with Gasteiger partial charge in [-0.25, -0.2) is 9.78 Å². The molecular weight excluding hydrogens is 376 g/mol. The number of fused-ring (bicyclic) bond motifs is 2. The fraction of sp³-hybridized carbons (Fsp3) is 0.300. The largest absolute Gasteiger partial charge is 0.486 e. The van der Waals surface area contributed by atoms with E-state index in [1.165, 1.54) is 16.8 Å². The van der Waals surface area contributed by atoms with Crippen LogP contribution in [-0.2, 0) is 6.54 Å². The molecule has 2 N–H and O–H groups in total. The molecule has 148 valence electrons. The third-order valence-electron chi connectivity index (χ3n) is 5.01. The molecule has 0 bridgehead atoms. The Balaban J connectivity index is 1.38. The van der Waals surface area contributed by atoms with E-state index in [9.17, 15) is 14.4 Å². The molecule has 3 heterocycles. The molecule has 0 unspecified atom stereocenters. The lowest BCUT2D eigenvalue weighted by Crippen LogP contribution is -2.31. The third-order valence-corrected chi connectivity index (χ3v) is 5.01. The van der Waals surface area contributed by atoms with Crippen molar-refractivity contribution in [3.63, 3.8) is 0 Å². The summed E-state index contributed by atoms with van der Waals surface area (Å²) in [7, 11) is 0. The number of nitrogens with zero attached hydrogens (tertiary/aromatic N) is 2. The molecule has 2 aromatic heterocycles. The van der Waals surface area contributed by atoms with E-state index in [2.05, 4.69) is 15.3 Å². The molecule has 0 saturated heterocycles. The van der Waals surface area contributed by atoms with Gasteiger partial charge in [-0.1, -0.05) is 6.07 Å². The van der Waals surface area contributed by atoms with Crippen molar-refractivity contribution in [1.29, 1.82) is 0 Å². The van der Waals surface area contributed by atoms with Gasteiger partial charge in [0.2, 0.25) is 0 Å². The summed E-state index contributed by atoms with van der Waals surface area (Å²) in [6, 6.07) is 7.02. The highest BCUT2D eigenvalue weighted by atomic mass is 16.6. The SMILES string of the molecule is O=C(NCc1ccc2c(c1)OCCO2)c1cnc2c(c1)c(=O)[nH]c(=O)n2C1CC1. The summed E-state index contributed by atoms with van der Waals surface area (Å²) in [4.78, 5) is 43.4. The number of aromatic amines is 1. The minimum absolute atomic E-state index is 0.0595. The molecule has 0 spiro atoms. The maximum absolute atomic E-state index is 12.6. The summed E-state index contributed by atoms with van der Waals surface area (Å²) in [5.41, 5.74) is 0.409. The Labute approximate surface area is 164 Å². The topological polar surface area (TPSA) is 115 Å². The molecule has 1 aromatic carbocycles. The normalized spacial score (nSPS) is 15.3. The molecule has 3 aromatic rings. The number of ether oxygens (including phenoxy) is 2. The maximum atomic E-state index is 12.6. The van der Waals surface area contributed by atoms with E-state index >= 15 is 0 Å². The van der Waals surface area contributed by atoms with Gasteiger partial charge >= 0.3 is 5.69 Å². The summed E-state index contributed by atoms with van der Waals surface area (Å²) in [5, 5.41) is 3.04. The van der Waals surface area contributed by atoms with Crippen LogP contribution < -0.4 is 26.0 Å². The molecule has 1 amide bonds. The van der Waals surface area contributed by atoms with Crippen LogP contribution >= 0.6 is 0 Å². The van der Waals surface area contributed by atoms with Crippen LogP contribution in [0.25, 0.3) is 11.0 Å². The summed E-state index contributed by atoms with van der Waals surface area (Å²) < 4.78 is 12.5. The average Bonchev–Trinajstić information content (AvgIpc) is 3.57. The smallest absolute Gasteiger partial charge is 0.330 e.